The summed E-state index contributed by atoms with van der Waals surface area (Å²) < 4.78 is 4.11. The highest BCUT2D eigenvalue weighted by molar-refractivity contribution is 5.70. The lowest BCUT2D eigenvalue weighted by molar-refractivity contribution is 0.699. The van der Waals surface area contributed by atoms with Gasteiger partial charge < -0.3 is 9.55 Å². The van der Waals surface area contributed by atoms with Crippen molar-refractivity contribution in [3.63, 3.8) is 0 Å². The van der Waals surface area contributed by atoms with Crippen LogP contribution in [0.5, 0.6) is 0 Å². The third-order valence-corrected chi connectivity index (χ3v) is 3.09. The van der Waals surface area contributed by atoms with Crippen molar-refractivity contribution in [1.82, 2.24) is 28.7 Å². The molecule has 0 bridgehead atoms. The Bertz CT molecular complexity index is 852. The molecule has 0 unspecified atom stereocenters. The number of aryl methyl sites for hydroxylation is 1. The zero-order valence-electron chi connectivity index (χ0n) is 10.5. The van der Waals surface area contributed by atoms with Crippen molar-refractivity contribution < 1.29 is 0 Å². The van der Waals surface area contributed by atoms with Gasteiger partial charge in [0, 0.05) is 26.5 Å². The van der Waals surface area contributed by atoms with Crippen LogP contribution in [0.1, 0.15) is 5.82 Å². The first kappa shape index (κ1) is 11.5. The van der Waals surface area contributed by atoms with E-state index < -0.39 is 0 Å². The molecule has 8 heteroatoms. The molecule has 8 nitrogen and oxygen atoms in total. The maximum absolute atomic E-state index is 12.2. The summed E-state index contributed by atoms with van der Waals surface area (Å²) in [5, 5.41) is 0. The molecule has 0 saturated heterocycles. The van der Waals surface area contributed by atoms with Crippen LogP contribution in [0.15, 0.2) is 28.3 Å². The molecule has 0 atom stereocenters. The van der Waals surface area contributed by atoms with Gasteiger partial charge in [-0.1, -0.05) is 0 Å². The molecule has 3 aromatic rings. The molecule has 0 aliphatic rings. The summed E-state index contributed by atoms with van der Waals surface area (Å²) in [6.45, 7) is 0.400. The van der Waals surface area contributed by atoms with Crippen LogP contribution in [0.2, 0.25) is 0 Å². The molecule has 0 spiro atoms. The predicted molar refractivity (Wildman–Crippen MR) is 67.9 cm³/mol. The maximum atomic E-state index is 12.2. The first-order valence-corrected chi connectivity index (χ1v) is 5.68. The molecule has 3 heterocycles. The molecule has 0 amide bonds. The summed E-state index contributed by atoms with van der Waals surface area (Å²) in [5.41, 5.74) is 0.0172. The Hall–Kier alpha value is -2.64. The van der Waals surface area contributed by atoms with E-state index in [0.717, 1.165) is 10.4 Å². The minimum Gasteiger partial charge on any atom is -0.347 e. The Morgan fingerprint density at radius 1 is 1.21 bits per heavy atom. The van der Waals surface area contributed by atoms with Gasteiger partial charge in [-0.15, -0.1) is 0 Å². The summed E-state index contributed by atoms with van der Waals surface area (Å²) >= 11 is 0. The predicted octanol–water partition coefficient (Wildman–Crippen LogP) is -0.795. The number of nitrogens with one attached hydrogen (secondary N) is 1. The molecule has 0 aromatic carbocycles. The number of nitrogens with zero attached hydrogens (tertiary/aromatic N) is 5. The van der Waals surface area contributed by atoms with Crippen molar-refractivity contribution in [3.05, 3.63) is 45.4 Å². The van der Waals surface area contributed by atoms with Crippen molar-refractivity contribution in [2.45, 2.75) is 6.54 Å². The monoisotopic (exact) mass is 260 g/mol. The van der Waals surface area contributed by atoms with Crippen LogP contribution in [-0.2, 0) is 20.6 Å². The van der Waals surface area contributed by atoms with E-state index in [2.05, 4.69) is 15.0 Å². The molecule has 19 heavy (non-hydrogen) atoms. The van der Waals surface area contributed by atoms with Crippen LogP contribution in [0, 0.1) is 0 Å². The summed E-state index contributed by atoms with van der Waals surface area (Å²) in [7, 11) is 3.04. The smallest absolute Gasteiger partial charge is 0.332 e. The highest BCUT2D eigenvalue weighted by Crippen LogP contribution is 2.06. The van der Waals surface area contributed by atoms with Crippen LogP contribution in [-0.4, -0.2) is 28.7 Å². The molecule has 0 aliphatic heterocycles. The fourth-order valence-corrected chi connectivity index (χ4v) is 2.06. The Kier molecular flexibility index (Phi) is 2.37. The van der Waals surface area contributed by atoms with E-state index in [1.54, 1.807) is 24.0 Å². The largest absolute Gasteiger partial charge is 0.347 e. The van der Waals surface area contributed by atoms with Gasteiger partial charge in [0.1, 0.15) is 5.82 Å². The van der Waals surface area contributed by atoms with Gasteiger partial charge in [-0.25, -0.2) is 14.8 Å². The van der Waals surface area contributed by atoms with Crippen molar-refractivity contribution in [3.8, 4) is 0 Å². The van der Waals surface area contributed by atoms with E-state index in [9.17, 15) is 9.59 Å². The van der Waals surface area contributed by atoms with Crippen LogP contribution >= 0.6 is 0 Å². The van der Waals surface area contributed by atoms with Crippen LogP contribution in [0.3, 0.4) is 0 Å². The number of rotatable bonds is 2. The van der Waals surface area contributed by atoms with Crippen LogP contribution < -0.4 is 11.2 Å². The first-order valence-electron chi connectivity index (χ1n) is 5.68. The minimum absolute atomic E-state index is 0.359. The molecule has 0 saturated carbocycles. The number of imidazole rings is 2. The average molecular weight is 260 g/mol. The molecule has 3 rings (SSSR count). The second-order valence-electron chi connectivity index (χ2n) is 4.29. The normalized spacial score (nSPS) is 11.3. The Morgan fingerprint density at radius 2 is 2.00 bits per heavy atom. The van der Waals surface area contributed by atoms with Crippen LogP contribution in [0.25, 0.3) is 11.2 Å². The number of H-pyrrole nitrogens is 1. The lowest BCUT2D eigenvalue weighted by Crippen LogP contribution is -2.37. The fourth-order valence-electron chi connectivity index (χ4n) is 2.06. The molecule has 0 aliphatic carbocycles. The van der Waals surface area contributed by atoms with Gasteiger partial charge in [-0.3, -0.25) is 13.9 Å². The third kappa shape index (κ3) is 1.60. The van der Waals surface area contributed by atoms with Crippen LogP contribution in [0.4, 0.5) is 0 Å². The van der Waals surface area contributed by atoms with E-state index in [-0.39, 0.29) is 11.2 Å². The summed E-state index contributed by atoms with van der Waals surface area (Å²) in [4.78, 5) is 35.2. The fraction of sp³-hybridized carbons (Fsp3) is 0.273. The molecule has 1 N–H and O–H groups in total. The lowest BCUT2D eigenvalue weighted by Gasteiger charge is -2.05. The Morgan fingerprint density at radius 3 is 2.68 bits per heavy atom. The Balaban J connectivity index is 2.29. The molecular weight excluding hydrogens is 248 g/mol. The van der Waals surface area contributed by atoms with E-state index in [1.165, 1.54) is 17.9 Å². The standard InChI is InChI=1S/C11H12N6O2/c1-15-9-8(10(18)16(2)11(15)19)17(6-14-9)5-7-12-3-4-13-7/h3-4,6H,5H2,1-2H3,(H,12,13). The lowest BCUT2D eigenvalue weighted by atomic mass is 10.4. The van der Waals surface area contributed by atoms with Crippen molar-refractivity contribution >= 4 is 11.2 Å². The molecule has 98 valence electrons. The third-order valence-electron chi connectivity index (χ3n) is 3.09. The van der Waals surface area contributed by atoms with Crippen molar-refractivity contribution in [2.24, 2.45) is 14.1 Å². The van der Waals surface area contributed by atoms with Gasteiger partial charge in [0.05, 0.1) is 12.9 Å². The van der Waals surface area contributed by atoms with Gasteiger partial charge in [0.25, 0.3) is 5.56 Å². The quantitative estimate of drug-likeness (QED) is 0.653. The highest BCUT2D eigenvalue weighted by atomic mass is 16.2. The Labute approximate surface area is 107 Å². The number of aromatic nitrogens is 6. The molecular formula is C11H12N6O2. The van der Waals surface area contributed by atoms with E-state index in [1.807, 2.05) is 0 Å². The van der Waals surface area contributed by atoms with E-state index in [0.29, 0.717) is 17.7 Å². The SMILES string of the molecule is Cn1c(=O)c2c(ncn2Cc2ncc[nH]2)n(C)c1=O. The summed E-state index contributed by atoms with van der Waals surface area (Å²) in [5.74, 6) is 0.718. The van der Waals surface area contributed by atoms with Gasteiger partial charge >= 0.3 is 5.69 Å². The summed E-state index contributed by atoms with van der Waals surface area (Å²) in [6, 6.07) is 0. The number of hydrogen-bond donors (Lipinski definition) is 1. The highest BCUT2D eigenvalue weighted by Gasteiger charge is 2.14. The number of aromatic amines is 1. The molecule has 0 radical (unpaired) electrons. The second-order valence-corrected chi connectivity index (χ2v) is 4.29. The van der Waals surface area contributed by atoms with E-state index in [4.69, 9.17) is 0 Å². The first-order chi connectivity index (χ1) is 9.09. The summed E-state index contributed by atoms with van der Waals surface area (Å²) in [6.07, 6.45) is 4.89. The van der Waals surface area contributed by atoms with Gasteiger partial charge in [-0.2, -0.15) is 0 Å². The van der Waals surface area contributed by atoms with Gasteiger partial charge in [0.2, 0.25) is 0 Å². The number of fused-ring (bicyclic) bond motifs is 1. The molecule has 3 aromatic heterocycles. The zero-order valence-corrected chi connectivity index (χ0v) is 10.5. The van der Waals surface area contributed by atoms with E-state index >= 15 is 0 Å². The number of hydrogen-bond acceptors (Lipinski definition) is 4. The minimum atomic E-state index is -0.388. The van der Waals surface area contributed by atoms with Crippen molar-refractivity contribution in [2.75, 3.05) is 0 Å². The van der Waals surface area contributed by atoms with Gasteiger partial charge in [-0.05, 0) is 0 Å². The average Bonchev–Trinajstić information content (AvgIpc) is 3.04. The topological polar surface area (TPSA) is 90.5 Å². The zero-order chi connectivity index (χ0) is 13.6. The maximum Gasteiger partial charge on any atom is 0.332 e. The van der Waals surface area contributed by atoms with Gasteiger partial charge in [0.15, 0.2) is 11.2 Å². The molecule has 0 fully saturated rings. The van der Waals surface area contributed by atoms with Crippen molar-refractivity contribution in [1.29, 1.82) is 0 Å². The second kappa shape index (κ2) is 3.94.